The number of aryl methyl sites for hydroxylation is 1. The molecule has 0 fully saturated rings. The zero-order valence-electron chi connectivity index (χ0n) is 14.6. The van der Waals surface area contributed by atoms with Crippen LogP contribution in [0.1, 0.15) is 32.5 Å². The summed E-state index contributed by atoms with van der Waals surface area (Å²) in [5.41, 5.74) is 6.05. The third-order valence-electron chi connectivity index (χ3n) is 4.63. The lowest BCUT2D eigenvalue weighted by atomic mass is 9.81. The number of nitrogens with one attached hydrogen (secondary N) is 1. The summed E-state index contributed by atoms with van der Waals surface area (Å²) in [6, 6.07) is 7.33. The SMILES string of the molecule is CCC(CC)(CN)C(=O)Nc1ccc(OCc2nccn2C)cc1. The first-order chi connectivity index (χ1) is 11.5. The number of hydrogen-bond acceptors (Lipinski definition) is 4. The molecule has 2 rings (SSSR count). The van der Waals surface area contributed by atoms with Gasteiger partial charge in [-0.2, -0.15) is 0 Å². The minimum Gasteiger partial charge on any atom is -0.486 e. The summed E-state index contributed by atoms with van der Waals surface area (Å²) >= 11 is 0. The fourth-order valence-electron chi connectivity index (χ4n) is 2.53. The largest absolute Gasteiger partial charge is 0.486 e. The van der Waals surface area contributed by atoms with Crippen molar-refractivity contribution < 1.29 is 9.53 Å². The Kier molecular flexibility index (Phi) is 5.98. The number of nitrogens with two attached hydrogens (primary N) is 1. The second-order valence-electron chi connectivity index (χ2n) is 5.91. The van der Waals surface area contributed by atoms with E-state index in [0.717, 1.165) is 30.1 Å². The summed E-state index contributed by atoms with van der Waals surface area (Å²) in [5.74, 6) is 1.55. The number of hydrogen-bond donors (Lipinski definition) is 2. The molecule has 2 aromatic rings. The maximum Gasteiger partial charge on any atom is 0.231 e. The van der Waals surface area contributed by atoms with Crippen LogP contribution in [0, 0.1) is 5.41 Å². The molecular weight excluding hydrogens is 304 g/mol. The molecule has 0 bridgehead atoms. The van der Waals surface area contributed by atoms with Crippen LogP contribution in [0.5, 0.6) is 5.75 Å². The van der Waals surface area contributed by atoms with Crippen LogP contribution < -0.4 is 15.8 Å². The van der Waals surface area contributed by atoms with Gasteiger partial charge in [-0.15, -0.1) is 0 Å². The zero-order valence-corrected chi connectivity index (χ0v) is 14.6. The Morgan fingerprint density at radius 3 is 2.46 bits per heavy atom. The van der Waals surface area contributed by atoms with Crippen molar-refractivity contribution in [1.82, 2.24) is 9.55 Å². The molecule has 6 heteroatoms. The predicted molar refractivity (Wildman–Crippen MR) is 94.7 cm³/mol. The number of benzene rings is 1. The van der Waals surface area contributed by atoms with Crippen molar-refractivity contribution in [3.8, 4) is 5.75 Å². The number of nitrogens with zero attached hydrogens (tertiary/aromatic N) is 2. The Balaban J connectivity index is 1.96. The molecule has 1 heterocycles. The van der Waals surface area contributed by atoms with Crippen molar-refractivity contribution in [1.29, 1.82) is 0 Å². The molecule has 3 N–H and O–H groups in total. The summed E-state index contributed by atoms with van der Waals surface area (Å²) in [4.78, 5) is 16.7. The van der Waals surface area contributed by atoms with Crippen molar-refractivity contribution in [2.75, 3.05) is 11.9 Å². The molecule has 6 nitrogen and oxygen atoms in total. The standard InChI is InChI=1S/C18H26N4O2/c1-4-18(5-2,13-19)17(23)21-14-6-8-15(9-7-14)24-12-16-20-10-11-22(16)3/h6-11H,4-5,12-13,19H2,1-3H3,(H,21,23). The van der Waals surface area contributed by atoms with Gasteiger partial charge in [0, 0.05) is 31.7 Å². The van der Waals surface area contributed by atoms with Gasteiger partial charge in [0.1, 0.15) is 18.2 Å². The van der Waals surface area contributed by atoms with Crippen LogP contribution in [-0.4, -0.2) is 22.0 Å². The lowest BCUT2D eigenvalue weighted by Gasteiger charge is -2.28. The minimum absolute atomic E-state index is 0.0309. The topological polar surface area (TPSA) is 82.2 Å². The van der Waals surface area contributed by atoms with Crippen LogP contribution >= 0.6 is 0 Å². The van der Waals surface area contributed by atoms with E-state index in [9.17, 15) is 4.79 Å². The highest BCUT2D eigenvalue weighted by Gasteiger charge is 2.33. The van der Waals surface area contributed by atoms with Gasteiger partial charge in [0.25, 0.3) is 0 Å². The molecule has 1 amide bonds. The summed E-state index contributed by atoms with van der Waals surface area (Å²) < 4.78 is 7.62. The molecule has 1 aromatic carbocycles. The number of carbonyl (C=O) groups is 1. The van der Waals surface area contributed by atoms with Gasteiger partial charge >= 0.3 is 0 Å². The van der Waals surface area contributed by atoms with Crippen LogP contribution in [-0.2, 0) is 18.4 Å². The second kappa shape index (κ2) is 7.97. The quantitative estimate of drug-likeness (QED) is 0.779. The first-order valence-electron chi connectivity index (χ1n) is 8.25. The van der Waals surface area contributed by atoms with Gasteiger partial charge in [-0.25, -0.2) is 4.98 Å². The van der Waals surface area contributed by atoms with Crippen LogP contribution in [0.4, 0.5) is 5.69 Å². The van der Waals surface area contributed by atoms with E-state index in [4.69, 9.17) is 10.5 Å². The van der Waals surface area contributed by atoms with E-state index in [2.05, 4.69) is 10.3 Å². The van der Waals surface area contributed by atoms with Crippen molar-refractivity contribution >= 4 is 11.6 Å². The highest BCUT2D eigenvalue weighted by molar-refractivity contribution is 5.95. The van der Waals surface area contributed by atoms with E-state index in [1.807, 2.05) is 55.9 Å². The first kappa shape index (κ1) is 18.0. The fourth-order valence-corrected chi connectivity index (χ4v) is 2.53. The molecule has 0 aliphatic heterocycles. The Hall–Kier alpha value is -2.34. The number of carbonyl (C=O) groups excluding carboxylic acids is 1. The van der Waals surface area contributed by atoms with Crippen LogP contribution in [0.2, 0.25) is 0 Å². The van der Waals surface area contributed by atoms with Crippen molar-refractivity contribution in [3.63, 3.8) is 0 Å². The van der Waals surface area contributed by atoms with Gasteiger partial charge in [-0.3, -0.25) is 4.79 Å². The van der Waals surface area contributed by atoms with E-state index in [1.54, 1.807) is 6.20 Å². The molecule has 0 aliphatic carbocycles. The van der Waals surface area contributed by atoms with Gasteiger partial charge in [-0.1, -0.05) is 13.8 Å². The van der Waals surface area contributed by atoms with Gasteiger partial charge in [0.15, 0.2) is 0 Å². The van der Waals surface area contributed by atoms with E-state index in [1.165, 1.54) is 0 Å². The van der Waals surface area contributed by atoms with Gasteiger partial charge < -0.3 is 20.4 Å². The lowest BCUT2D eigenvalue weighted by molar-refractivity contribution is -0.125. The molecule has 1 aromatic heterocycles. The number of rotatable bonds is 8. The number of aromatic nitrogens is 2. The van der Waals surface area contributed by atoms with Crippen molar-refractivity contribution in [2.45, 2.75) is 33.3 Å². The molecular formula is C18H26N4O2. The maximum atomic E-state index is 12.5. The molecule has 0 aliphatic rings. The van der Waals surface area contributed by atoms with Crippen LogP contribution in [0.3, 0.4) is 0 Å². The van der Waals surface area contributed by atoms with Crippen LogP contribution in [0.15, 0.2) is 36.7 Å². The van der Waals surface area contributed by atoms with Gasteiger partial charge in [-0.05, 0) is 37.1 Å². The summed E-state index contributed by atoms with van der Waals surface area (Å²) in [7, 11) is 1.93. The highest BCUT2D eigenvalue weighted by atomic mass is 16.5. The molecule has 0 saturated carbocycles. The number of amides is 1. The first-order valence-corrected chi connectivity index (χ1v) is 8.25. The predicted octanol–water partition coefficient (Wildman–Crippen LogP) is 2.70. The molecule has 0 atom stereocenters. The van der Waals surface area contributed by atoms with Crippen LogP contribution in [0.25, 0.3) is 0 Å². The summed E-state index contributed by atoms with van der Waals surface area (Å²) in [5, 5.41) is 2.95. The monoisotopic (exact) mass is 330 g/mol. The normalized spacial score (nSPS) is 11.3. The highest BCUT2D eigenvalue weighted by Crippen LogP contribution is 2.27. The smallest absolute Gasteiger partial charge is 0.231 e. The fraction of sp³-hybridized carbons (Fsp3) is 0.444. The molecule has 0 spiro atoms. The van der Waals surface area contributed by atoms with E-state index in [-0.39, 0.29) is 5.91 Å². The van der Waals surface area contributed by atoms with Gasteiger partial charge in [0.2, 0.25) is 5.91 Å². The van der Waals surface area contributed by atoms with E-state index >= 15 is 0 Å². The molecule has 0 unspecified atom stereocenters. The summed E-state index contributed by atoms with van der Waals surface area (Å²) in [6.45, 7) is 4.73. The second-order valence-corrected chi connectivity index (χ2v) is 5.91. The maximum absolute atomic E-state index is 12.5. The zero-order chi connectivity index (χ0) is 17.6. The van der Waals surface area contributed by atoms with E-state index < -0.39 is 5.41 Å². The summed E-state index contributed by atoms with van der Waals surface area (Å²) in [6.07, 6.45) is 5.05. The number of ether oxygens (including phenoxy) is 1. The minimum atomic E-state index is -0.507. The molecule has 130 valence electrons. The Labute approximate surface area is 143 Å². The van der Waals surface area contributed by atoms with Gasteiger partial charge in [0.05, 0.1) is 5.41 Å². The van der Waals surface area contributed by atoms with E-state index in [0.29, 0.717) is 13.2 Å². The Morgan fingerprint density at radius 1 is 1.29 bits per heavy atom. The number of anilines is 1. The molecule has 0 radical (unpaired) electrons. The third kappa shape index (κ3) is 3.94. The average Bonchev–Trinajstić information content (AvgIpc) is 3.01. The average molecular weight is 330 g/mol. The van der Waals surface area contributed by atoms with Crippen molar-refractivity contribution in [3.05, 3.63) is 42.5 Å². The Bertz CT molecular complexity index is 652. The third-order valence-corrected chi connectivity index (χ3v) is 4.63. The molecule has 24 heavy (non-hydrogen) atoms. The lowest BCUT2D eigenvalue weighted by Crippen LogP contribution is -2.41. The van der Waals surface area contributed by atoms with Crippen molar-refractivity contribution in [2.24, 2.45) is 18.2 Å². The Morgan fingerprint density at radius 2 is 1.96 bits per heavy atom. The number of imidazole rings is 1. The molecule has 0 saturated heterocycles.